The molecule has 0 fully saturated rings. The molecule has 0 bridgehead atoms. The molecule has 0 saturated heterocycles. The van der Waals surface area contributed by atoms with E-state index in [4.69, 9.17) is 5.26 Å². The van der Waals surface area contributed by atoms with Gasteiger partial charge in [-0.15, -0.1) is 0 Å². The highest BCUT2D eigenvalue weighted by atomic mass is 79.9. The zero-order valence-electron chi connectivity index (χ0n) is 4.81. The average Bonchev–Trinajstić information content (AvgIpc) is 1.88. The number of nitriles is 1. The monoisotopic (exact) mass is 260 g/mol. The summed E-state index contributed by atoms with van der Waals surface area (Å²) in [5.41, 5.74) is 0.579. The van der Waals surface area contributed by atoms with E-state index >= 15 is 0 Å². The van der Waals surface area contributed by atoms with E-state index in [2.05, 4.69) is 36.8 Å². The quantitative estimate of drug-likeness (QED) is 0.720. The van der Waals surface area contributed by atoms with Gasteiger partial charge in [-0.1, -0.05) is 0 Å². The summed E-state index contributed by atoms with van der Waals surface area (Å²) in [6, 6.07) is 2.03. The van der Waals surface area contributed by atoms with Gasteiger partial charge in [-0.25, -0.2) is 0 Å². The second kappa shape index (κ2) is 3.13. The number of rotatable bonds is 0. The molecule has 10 heavy (non-hydrogen) atoms. The average molecular weight is 262 g/mol. The van der Waals surface area contributed by atoms with Crippen LogP contribution in [-0.4, -0.2) is 4.98 Å². The summed E-state index contributed by atoms with van der Waals surface area (Å²) in [7, 11) is 0. The van der Waals surface area contributed by atoms with E-state index in [9.17, 15) is 0 Å². The number of hydrogen-bond acceptors (Lipinski definition) is 2. The molecule has 0 N–H and O–H groups in total. The molecular weight excluding hydrogens is 260 g/mol. The lowest BCUT2D eigenvalue weighted by molar-refractivity contribution is 1.27. The lowest BCUT2D eigenvalue weighted by atomic mass is 10.3. The van der Waals surface area contributed by atoms with Crippen molar-refractivity contribution < 1.29 is 0 Å². The Kier molecular flexibility index (Phi) is 2.41. The maximum absolute atomic E-state index is 8.56. The van der Waals surface area contributed by atoms with Crippen LogP contribution in [0.2, 0.25) is 0 Å². The van der Waals surface area contributed by atoms with E-state index in [1.807, 2.05) is 6.07 Å². The van der Waals surface area contributed by atoms with Gasteiger partial charge in [0.05, 0.1) is 14.5 Å². The van der Waals surface area contributed by atoms with Crippen molar-refractivity contribution in [2.75, 3.05) is 0 Å². The van der Waals surface area contributed by atoms with Crippen molar-refractivity contribution in [2.24, 2.45) is 0 Å². The molecule has 0 unspecified atom stereocenters. The summed E-state index contributed by atoms with van der Waals surface area (Å²) in [6.45, 7) is 0. The molecule has 50 valence electrons. The number of hydrogen-bond donors (Lipinski definition) is 0. The van der Waals surface area contributed by atoms with Gasteiger partial charge < -0.3 is 0 Å². The summed E-state index contributed by atoms with van der Waals surface area (Å²) in [6.07, 6.45) is 3.17. The Hall–Kier alpha value is -0.400. The van der Waals surface area contributed by atoms with Gasteiger partial charge in [0, 0.05) is 12.4 Å². The van der Waals surface area contributed by atoms with Gasteiger partial charge in [0.25, 0.3) is 0 Å². The van der Waals surface area contributed by atoms with Gasteiger partial charge in [0.1, 0.15) is 6.07 Å². The van der Waals surface area contributed by atoms with Crippen LogP contribution in [-0.2, 0) is 0 Å². The molecule has 1 rings (SSSR count). The van der Waals surface area contributed by atoms with Crippen LogP contribution in [0.15, 0.2) is 21.3 Å². The predicted octanol–water partition coefficient (Wildman–Crippen LogP) is 2.48. The second-order valence-electron chi connectivity index (χ2n) is 1.59. The minimum atomic E-state index is 0.579. The molecule has 0 radical (unpaired) electrons. The van der Waals surface area contributed by atoms with Crippen molar-refractivity contribution in [3.8, 4) is 6.07 Å². The van der Waals surface area contributed by atoms with Crippen LogP contribution in [0.1, 0.15) is 5.56 Å². The molecule has 0 saturated carbocycles. The lowest BCUT2D eigenvalue weighted by Crippen LogP contribution is -1.81. The highest BCUT2D eigenvalue weighted by Crippen LogP contribution is 2.21. The molecule has 0 aliphatic heterocycles. The highest BCUT2D eigenvalue weighted by molar-refractivity contribution is 9.11. The van der Waals surface area contributed by atoms with Gasteiger partial charge >= 0.3 is 0 Å². The standard InChI is InChI=1S/C6H2Br2N2/c7-5-2-10-3-6(8)4(5)1-9/h2-3H. The Morgan fingerprint density at radius 1 is 1.30 bits per heavy atom. The van der Waals surface area contributed by atoms with Crippen molar-refractivity contribution in [2.45, 2.75) is 0 Å². The second-order valence-corrected chi connectivity index (χ2v) is 3.30. The Morgan fingerprint density at radius 2 is 1.80 bits per heavy atom. The Labute approximate surface area is 75.1 Å². The molecule has 1 heterocycles. The number of nitrogens with zero attached hydrogens (tertiary/aromatic N) is 2. The van der Waals surface area contributed by atoms with Crippen LogP contribution < -0.4 is 0 Å². The summed E-state index contributed by atoms with van der Waals surface area (Å²) in [4.78, 5) is 3.85. The first-order valence-corrected chi connectivity index (χ1v) is 4.03. The van der Waals surface area contributed by atoms with Gasteiger partial charge in [0.15, 0.2) is 0 Å². The Balaban J connectivity index is 3.34. The lowest BCUT2D eigenvalue weighted by Gasteiger charge is -1.94. The molecule has 0 aromatic carbocycles. The molecular formula is C6H2Br2N2. The topological polar surface area (TPSA) is 36.7 Å². The maximum Gasteiger partial charge on any atom is 0.102 e. The maximum atomic E-state index is 8.56. The first-order valence-electron chi connectivity index (χ1n) is 2.45. The fourth-order valence-corrected chi connectivity index (χ4v) is 1.63. The van der Waals surface area contributed by atoms with E-state index in [-0.39, 0.29) is 0 Å². The molecule has 0 aliphatic rings. The van der Waals surface area contributed by atoms with Crippen LogP contribution in [0.3, 0.4) is 0 Å². The first-order chi connectivity index (χ1) is 4.75. The van der Waals surface area contributed by atoms with Crippen molar-refractivity contribution >= 4 is 31.9 Å². The molecule has 4 heteroatoms. The highest BCUT2D eigenvalue weighted by Gasteiger charge is 2.01. The molecule has 0 spiro atoms. The van der Waals surface area contributed by atoms with Crippen LogP contribution in [0, 0.1) is 11.3 Å². The molecule has 2 nitrogen and oxygen atoms in total. The molecule has 0 atom stereocenters. The van der Waals surface area contributed by atoms with Crippen molar-refractivity contribution in [1.29, 1.82) is 5.26 Å². The van der Waals surface area contributed by atoms with E-state index in [0.29, 0.717) is 14.5 Å². The van der Waals surface area contributed by atoms with Gasteiger partial charge in [-0.2, -0.15) is 5.26 Å². The number of pyridine rings is 1. The SMILES string of the molecule is N#Cc1c(Br)cncc1Br. The van der Waals surface area contributed by atoms with Crippen LogP contribution in [0.25, 0.3) is 0 Å². The van der Waals surface area contributed by atoms with Crippen molar-refractivity contribution in [1.82, 2.24) is 4.98 Å². The van der Waals surface area contributed by atoms with Gasteiger partial charge in [-0.05, 0) is 31.9 Å². The zero-order chi connectivity index (χ0) is 7.56. The fourth-order valence-electron chi connectivity index (χ4n) is 0.518. The summed E-state index contributed by atoms with van der Waals surface area (Å²) >= 11 is 6.38. The van der Waals surface area contributed by atoms with E-state index < -0.39 is 0 Å². The third-order valence-electron chi connectivity index (χ3n) is 0.965. The van der Waals surface area contributed by atoms with Crippen LogP contribution in [0.5, 0.6) is 0 Å². The normalized spacial score (nSPS) is 8.90. The van der Waals surface area contributed by atoms with Crippen LogP contribution >= 0.6 is 31.9 Å². The van der Waals surface area contributed by atoms with Gasteiger partial charge in [0.2, 0.25) is 0 Å². The zero-order valence-corrected chi connectivity index (χ0v) is 7.98. The first kappa shape index (κ1) is 7.70. The summed E-state index contributed by atoms with van der Waals surface area (Å²) in [5.74, 6) is 0. The van der Waals surface area contributed by atoms with E-state index in [0.717, 1.165) is 0 Å². The largest absolute Gasteiger partial charge is 0.262 e. The minimum absolute atomic E-state index is 0.579. The summed E-state index contributed by atoms with van der Waals surface area (Å²) in [5, 5.41) is 8.56. The summed E-state index contributed by atoms with van der Waals surface area (Å²) < 4.78 is 1.42. The third-order valence-corrected chi connectivity index (χ3v) is 2.17. The van der Waals surface area contributed by atoms with Gasteiger partial charge in [-0.3, -0.25) is 4.98 Å². The Morgan fingerprint density at radius 3 is 2.10 bits per heavy atom. The number of halogens is 2. The van der Waals surface area contributed by atoms with E-state index in [1.165, 1.54) is 0 Å². The third kappa shape index (κ3) is 1.36. The Bertz CT molecular complexity index is 270. The molecule has 0 aliphatic carbocycles. The molecule has 1 aromatic rings. The molecule has 0 amide bonds. The predicted molar refractivity (Wildman–Crippen MR) is 44.4 cm³/mol. The van der Waals surface area contributed by atoms with Crippen molar-refractivity contribution in [3.63, 3.8) is 0 Å². The van der Waals surface area contributed by atoms with Crippen LogP contribution in [0.4, 0.5) is 0 Å². The minimum Gasteiger partial charge on any atom is -0.262 e. The fraction of sp³-hybridized carbons (Fsp3) is 0. The van der Waals surface area contributed by atoms with E-state index in [1.54, 1.807) is 12.4 Å². The van der Waals surface area contributed by atoms with Crippen molar-refractivity contribution in [3.05, 3.63) is 26.9 Å². The number of aromatic nitrogens is 1. The molecule has 1 aromatic heterocycles. The smallest absolute Gasteiger partial charge is 0.102 e.